The van der Waals surface area contributed by atoms with E-state index < -0.39 is 0 Å². The lowest BCUT2D eigenvalue weighted by Gasteiger charge is -2.27. The van der Waals surface area contributed by atoms with Crippen LogP contribution < -0.4 is 4.90 Å². The minimum Gasteiger partial charge on any atom is -0.310 e. The van der Waals surface area contributed by atoms with E-state index in [4.69, 9.17) is 0 Å². The van der Waals surface area contributed by atoms with Crippen molar-refractivity contribution >= 4 is 70.8 Å². The number of anilines is 3. The summed E-state index contributed by atoms with van der Waals surface area (Å²) in [6.45, 7) is 0. The van der Waals surface area contributed by atoms with Crippen molar-refractivity contribution in [1.82, 2.24) is 0 Å². The maximum absolute atomic E-state index is 2.41. The van der Waals surface area contributed by atoms with Crippen LogP contribution in [0.25, 0.3) is 86.2 Å². The molecule has 1 heterocycles. The molecule has 52 heavy (non-hydrogen) atoms. The monoisotopic (exact) mass is 677 g/mol. The van der Waals surface area contributed by atoms with E-state index in [2.05, 4.69) is 193 Å². The average Bonchev–Trinajstić information content (AvgIpc) is 3.79. The number of rotatable bonds is 5. The maximum Gasteiger partial charge on any atom is 0.0468 e. The average molecular weight is 678 g/mol. The summed E-state index contributed by atoms with van der Waals surface area (Å²) in [6.07, 6.45) is 0. The molecule has 1 aliphatic rings. The first kappa shape index (κ1) is 29.3. The van der Waals surface area contributed by atoms with Gasteiger partial charge < -0.3 is 4.90 Å². The second kappa shape index (κ2) is 11.5. The smallest absolute Gasteiger partial charge is 0.0468 e. The molecule has 1 aliphatic carbocycles. The molecule has 1 aromatic heterocycles. The fourth-order valence-corrected chi connectivity index (χ4v) is 9.35. The van der Waals surface area contributed by atoms with E-state index in [0.29, 0.717) is 0 Å². The SMILES string of the molecule is c1cc(-c2ccc3c(ccc4ccccc43)c2)cc(N(c2ccc(-c3cc4ccccc4s3)cc2)c2ccc3c(c2)-c2cccc4cccc-3c24)c1. The largest absolute Gasteiger partial charge is 0.310 e. The zero-order chi connectivity index (χ0) is 34.2. The highest BCUT2D eigenvalue weighted by Crippen LogP contribution is 2.50. The number of benzene rings is 9. The van der Waals surface area contributed by atoms with E-state index in [1.165, 1.54) is 86.2 Å². The zero-order valence-electron chi connectivity index (χ0n) is 28.3. The third-order valence-corrected chi connectivity index (χ3v) is 11.9. The normalized spacial score (nSPS) is 11.8. The molecule has 2 heteroatoms. The molecule has 0 unspecified atom stereocenters. The standard InChI is InChI=1S/C50H31NS/c1-3-14-42-32(8-1)18-19-37-28-36(22-26-43(37)42)35-12-5-13-40(29-35)51(39-23-20-33(21-24-39)49-30-38-9-2-4-17-48(38)52-49)41-25-27-44-45-15-6-10-34-11-7-16-46(50(34)45)47(44)31-41/h1-31H. The molecular weight excluding hydrogens is 647 g/mol. The third kappa shape index (κ3) is 4.62. The second-order valence-electron chi connectivity index (χ2n) is 13.7. The molecule has 9 aromatic carbocycles. The van der Waals surface area contributed by atoms with Crippen LogP contribution >= 0.6 is 11.3 Å². The molecule has 0 bridgehead atoms. The lowest BCUT2D eigenvalue weighted by atomic mass is 9.97. The number of nitrogens with zero attached hydrogens (tertiary/aromatic N) is 1. The molecule has 242 valence electrons. The molecule has 0 fully saturated rings. The Kier molecular flexibility index (Phi) is 6.49. The summed E-state index contributed by atoms with van der Waals surface area (Å²) < 4.78 is 1.32. The molecule has 0 saturated heterocycles. The van der Waals surface area contributed by atoms with Gasteiger partial charge in [-0.05, 0) is 131 Å². The van der Waals surface area contributed by atoms with Crippen LogP contribution in [0.4, 0.5) is 17.1 Å². The summed E-state index contributed by atoms with van der Waals surface area (Å²) in [5.74, 6) is 0. The summed E-state index contributed by atoms with van der Waals surface area (Å²) >= 11 is 1.85. The third-order valence-electron chi connectivity index (χ3n) is 10.8. The van der Waals surface area contributed by atoms with Crippen LogP contribution in [0.1, 0.15) is 0 Å². The van der Waals surface area contributed by atoms with Crippen molar-refractivity contribution in [2.75, 3.05) is 4.90 Å². The second-order valence-corrected chi connectivity index (χ2v) is 14.8. The van der Waals surface area contributed by atoms with Gasteiger partial charge in [-0.3, -0.25) is 0 Å². The Morgan fingerprint density at radius 2 is 0.981 bits per heavy atom. The van der Waals surface area contributed by atoms with Crippen molar-refractivity contribution < 1.29 is 0 Å². The van der Waals surface area contributed by atoms with E-state index in [1.54, 1.807) is 0 Å². The molecule has 10 aromatic rings. The van der Waals surface area contributed by atoms with E-state index in [9.17, 15) is 0 Å². The van der Waals surface area contributed by atoms with Crippen LogP contribution in [-0.2, 0) is 0 Å². The molecule has 1 nitrogen and oxygen atoms in total. The van der Waals surface area contributed by atoms with Crippen LogP contribution in [0.3, 0.4) is 0 Å². The highest BCUT2D eigenvalue weighted by Gasteiger charge is 2.23. The number of hydrogen-bond donors (Lipinski definition) is 0. The molecule has 0 saturated carbocycles. The van der Waals surface area contributed by atoms with Crippen molar-refractivity contribution in [3.8, 4) is 43.8 Å². The molecule has 11 rings (SSSR count). The first-order valence-electron chi connectivity index (χ1n) is 17.8. The Bertz CT molecular complexity index is 2980. The van der Waals surface area contributed by atoms with Crippen LogP contribution in [0.2, 0.25) is 0 Å². The first-order valence-corrected chi connectivity index (χ1v) is 18.6. The Morgan fingerprint density at radius 1 is 0.327 bits per heavy atom. The van der Waals surface area contributed by atoms with Crippen LogP contribution in [0.5, 0.6) is 0 Å². The van der Waals surface area contributed by atoms with Gasteiger partial charge in [0.15, 0.2) is 0 Å². The molecular formula is C50H31NS. The minimum absolute atomic E-state index is 1.12. The molecule has 0 N–H and O–H groups in total. The summed E-state index contributed by atoms with van der Waals surface area (Å²) in [7, 11) is 0. The van der Waals surface area contributed by atoms with Gasteiger partial charge in [0, 0.05) is 26.6 Å². The number of hydrogen-bond acceptors (Lipinski definition) is 2. The van der Waals surface area contributed by atoms with Crippen LogP contribution in [0, 0.1) is 0 Å². The number of thiophene rings is 1. The van der Waals surface area contributed by atoms with Gasteiger partial charge in [0.05, 0.1) is 0 Å². The Hall–Kier alpha value is -6.48. The van der Waals surface area contributed by atoms with Crippen molar-refractivity contribution in [3.05, 3.63) is 188 Å². The first-order chi connectivity index (χ1) is 25.7. The van der Waals surface area contributed by atoms with Gasteiger partial charge in [-0.25, -0.2) is 0 Å². The lowest BCUT2D eigenvalue weighted by molar-refractivity contribution is 1.29. The van der Waals surface area contributed by atoms with Crippen molar-refractivity contribution in [1.29, 1.82) is 0 Å². The molecule has 0 atom stereocenters. The summed E-state index contributed by atoms with van der Waals surface area (Å²) in [5, 5.41) is 9.03. The summed E-state index contributed by atoms with van der Waals surface area (Å²) in [4.78, 5) is 3.70. The maximum atomic E-state index is 2.41. The van der Waals surface area contributed by atoms with Crippen LogP contribution in [0.15, 0.2) is 188 Å². The lowest BCUT2D eigenvalue weighted by Crippen LogP contribution is -2.10. The zero-order valence-corrected chi connectivity index (χ0v) is 29.1. The van der Waals surface area contributed by atoms with Gasteiger partial charge in [0.2, 0.25) is 0 Å². The van der Waals surface area contributed by atoms with Gasteiger partial charge in [-0.2, -0.15) is 0 Å². The topological polar surface area (TPSA) is 3.24 Å². The van der Waals surface area contributed by atoms with Gasteiger partial charge in [0.1, 0.15) is 0 Å². The van der Waals surface area contributed by atoms with Crippen molar-refractivity contribution in [3.63, 3.8) is 0 Å². The minimum atomic E-state index is 1.12. The molecule has 0 aliphatic heterocycles. The molecule has 0 amide bonds. The van der Waals surface area contributed by atoms with E-state index in [1.807, 2.05) is 11.3 Å². The van der Waals surface area contributed by atoms with Crippen LogP contribution in [-0.4, -0.2) is 0 Å². The van der Waals surface area contributed by atoms with Gasteiger partial charge >= 0.3 is 0 Å². The highest BCUT2D eigenvalue weighted by atomic mass is 32.1. The summed E-state index contributed by atoms with van der Waals surface area (Å²) in [6, 6.07) is 69.4. The predicted molar refractivity (Wildman–Crippen MR) is 224 cm³/mol. The fraction of sp³-hybridized carbons (Fsp3) is 0. The van der Waals surface area contributed by atoms with Gasteiger partial charge in [-0.15, -0.1) is 11.3 Å². The van der Waals surface area contributed by atoms with E-state index >= 15 is 0 Å². The molecule has 0 radical (unpaired) electrons. The van der Waals surface area contributed by atoms with E-state index in [-0.39, 0.29) is 0 Å². The Labute approximate surface area is 306 Å². The number of fused-ring (bicyclic) bond motifs is 7. The molecule has 0 spiro atoms. The highest BCUT2D eigenvalue weighted by molar-refractivity contribution is 7.22. The predicted octanol–water partition coefficient (Wildman–Crippen LogP) is 14.8. The quantitative estimate of drug-likeness (QED) is 0.164. The van der Waals surface area contributed by atoms with Crippen molar-refractivity contribution in [2.45, 2.75) is 0 Å². The van der Waals surface area contributed by atoms with Gasteiger partial charge in [0.25, 0.3) is 0 Å². The van der Waals surface area contributed by atoms with Crippen molar-refractivity contribution in [2.24, 2.45) is 0 Å². The Balaban J connectivity index is 1.05. The summed E-state index contributed by atoms with van der Waals surface area (Å²) in [5.41, 5.74) is 12.2. The van der Waals surface area contributed by atoms with Gasteiger partial charge in [-0.1, -0.05) is 133 Å². The Morgan fingerprint density at radius 3 is 1.85 bits per heavy atom. The van der Waals surface area contributed by atoms with E-state index in [0.717, 1.165) is 17.1 Å². The fourth-order valence-electron chi connectivity index (χ4n) is 8.28.